The Bertz CT molecular complexity index is 306. The fourth-order valence-corrected chi connectivity index (χ4v) is 2.91. The van der Waals surface area contributed by atoms with Crippen molar-refractivity contribution in [1.29, 1.82) is 0 Å². The molecule has 0 saturated carbocycles. The smallest absolute Gasteiger partial charge is 0.244 e. The molecule has 0 aromatic heterocycles. The topological polar surface area (TPSA) is 29.1 Å². The summed E-state index contributed by atoms with van der Waals surface area (Å²) in [6.07, 6.45) is 5.18. The van der Waals surface area contributed by atoms with Gasteiger partial charge in [0.1, 0.15) is 0 Å². The van der Waals surface area contributed by atoms with Crippen molar-refractivity contribution in [2.24, 2.45) is 0 Å². The first-order valence-corrected chi connectivity index (χ1v) is 6.19. The number of unbranched alkanes of at least 4 members (excludes halogenated alkanes) is 1. The number of fused-ring (bicyclic) bond motifs is 1. The van der Waals surface area contributed by atoms with Crippen LogP contribution in [0.3, 0.4) is 0 Å². The number of carbonyl (C=O) groups is 1. The Hall–Kier alpha value is -0.700. The van der Waals surface area contributed by atoms with Gasteiger partial charge in [-0.3, -0.25) is 4.79 Å². The number of amides is 1. The van der Waals surface area contributed by atoms with Gasteiger partial charge in [-0.25, -0.2) is 0 Å². The van der Waals surface area contributed by atoms with Gasteiger partial charge in [0.25, 0.3) is 0 Å². The number of hydrogen-bond acceptors (Lipinski definition) is 2. The van der Waals surface area contributed by atoms with Crippen molar-refractivity contribution in [1.82, 2.24) is 5.32 Å². The van der Waals surface area contributed by atoms with Crippen molar-refractivity contribution < 1.29 is 4.79 Å². The van der Waals surface area contributed by atoms with E-state index in [9.17, 15) is 4.79 Å². The molecule has 0 bridgehead atoms. The minimum Gasteiger partial charge on any atom is -0.345 e. The molecule has 0 aromatic carbocycles. The van der Waals surface area contributed by atoms with Gasteiger partial charge < -0.3 is 5.32 Å². The number of carbonyl (C=O) groups excluding carboxylic acids is 1. The largest absolute Gasteiger partial charge is 0.345 e. The monoisotopic (exact) mass is 209 g/mol. The molecular weight excluding hydrogens is 194 g/mol. The predicted octanol–water partition coefficient (Wildman–Crippen LogP) is 2.23. The highest BCUT2D eigenvalue weighted by molar-refractivity contribution is 8.02. The molecule has 2 heterocycles. The van der Waals surface area contributed by atoms with Crippen LogP contribution >= 0.6 is 11.8 Å². The summed E-state index contributed by atoms with van der Waals surface area (Å²) in [5.41, 5.74) is 2.61. The molecule has 0 spiro atoms. The summed E-state index contributed by atoms with van der Waals surface area (Å²) in [7, 11) is 0. The molecule has 1 atom stereocenters. The maximum absolute atomic E-state index is 11.4. The first-order valence-electron chi connectivity index (χ1n) is 5.14. The molecule has 2 nitrogen and oxygen atoms in total. The van der Waals surface area contributed by atoms with Gasteiger partial charge in [0.2, 0.25) is 5.91 Å². The summed E-state index contributed by atoms with van der Waals surface area (Å²) >= 11 is 1.80. The van der Waals surface area contributed by atoms with Gasteiger partial charge >= 0.3 is 0 Å². The van der Waals surface area contributed by atoms with Crippen LogP contribution in [0.4, 0.5) is 0 Å². The predicted molar refractivity (Wildman–Crippen MR) is 60.1 cm³/mol. The van der Waals surface area contributed by atoms with E-state index >= 15 is 0 Å². The molecule has 76 valence electrons. The van der Waals surface area contributed by atoms with E-state index in [2.05, 4.69) is 17.6 Å². The van der Waals surface area contributed by atoms with Crippen LogP contribution in [0.15, 0.2) is 22.6 Å². The molecule has 14 heavy (non-hydrogen) atoms. The zero-order valence-electron chi connectivity index (χ0n) is 8.38. The van der Waals surface area contributed by atoms with Crippen LogP contribution in [-0.4, -0.2) is 17.7 Å². The lowest BCUT2D eigenvalue weighted by Crippen LogP contribution is -2.39. The van der Waals surface area contributed by atoms with E-state index in [1.165, 1.54) is 24.0 Å². The third-order valence-electron chi connectivity index (χ3n) is 2.64. The summed E-state index contributed by atoms with van der Waals surface area (Å²) in [5, 5.41) is 5.18. The van der Waals surface area contributed by atoms with E-state index in [1.54, 1.807) is 17.8 Å². The summed E-state index contributed by atoms with van der Waals surface area (Å²) < 4.78 is 0. The van der Waals surface area contributed by atoms with E-state index in [0.29, 0.717) is 0 Å². The highest BCUT2D eigenvalue weighted by Crippen LogP contribution is 2.32. The highest BCUT2D eigenvalue weighted by Gasteiger charge is 2.27. The van der Waals surface area contributed by atoms with Crippen molar-refractivity contribution >= 4 is 17.7 Å². The maximum Gasteiger partial charge on any atom is 0.244 e. The van der Waals surface area contributed by atoms with Gasteiger partial charge in [0.05, 0.1) is 6.04 Å². The average Bonchev–Trinajstić information content (AvgIpc) is 2.61. The van der Waals surface area contributed by atoms with Crippen molar-refractivity contribution in [2.45, 2.75) is 32.2 Å². The molecule has 1 amide bonds. The summed E-state index contributed by atoms with van der Waals surface area (Å²) in [6, 6.07) is 0.282. The molecular formula is C11H15NOS. The van der Waals surface area contributed by atoms with E-state index in [0.717, 1.165) is 12.2 Å². The van der Waals surface area contributed by atoms with Crippen LogP contribution < -0.4 is 5.32 Å². The van der Waals surface area contributed by atoms with Gasteiger partial charge in [0.15, 0.2) is 0 Å². The highest BCUT2D eigenvalue weighted by atomic mass is 32.2. The van der Waals surface area contributed by atoms with Crippen molar-refractivity contribution in [3.05, 3.63) is 22.6 Å². The minimum absolute atomic E-state index is 0.0840. The van der Waals surface area contributed by atoms with E-state index in [1.807, 2.05) is 0 Å². The second-order valence-corrected chi connectivity index (χ2v) is 4.64. The molecule has 1 N–H and O–H groups in total. The standard InChI is InChI=1S/C11H15NOS/c1-2-3-4-8-5-11(13)12-10-7-14-6-9(8)10/h5-6,10H,2-4,7H2,1H3,(H,12,13). The van der Waals surface area contributed by atoms with Crippen molar-refractivity contribution in [3.63, 3.8) is 0 Å². The Morgan fingerprint density at radius 1 is 1.64 bits per heavy atom. The van der Waals surface area contributed by atoms with Crippen LogP contribution in [0.5, 0.6) is 0 Å². The molecule has 0 aromatic rings. The van der Waals surface area contributed by atoms with Gasteiger partial charge in [-0.2, -0.15) is 0 Å². The molecule has 0 fully saturated rings. The van der Waals surface area contributed by atoms with E-state index in [-0.39, 0.29) is 11.9 Å². The summed E-state index contributed by atoms with van der Waals surface area (Å²) in [4.78, 5) is 11.4. The molecule has 0 saturated heterocycles. The van der Waals surface area contributed by atoms with Crippen LogP contribution in [0.2, 0.25) is 0 Å². The van der Waals surface area contributed by atoms with E-state index < -0.39 is 0 Å². The lowest BCUT2D eigenvalue weighted by molar-refractivity contribution is -0.117. The molecule has 0 radical (unpaired) electrons. The zero-order chi connectivity index (χ0) is 9.97. The molecule has 2 aliphatic heterocycles. The maximum atomic E-state index is 11.4. The zero-order valence-corrected chi connectivity index (χ0v) is 9.19. The Kier molecular flexibility index (Phi) is 2.96. The first-order chi connectivity index (χ1) is 6.81. The van der Waals surface area contributed by atoms with Crippen LogP contribution in [-0.2, 0) is 4.79 Å². The SMILES string of the molecule is CCCCC1=CC(=O)NC2CSC=C12. The Morgan fingerprint density at radius 3 is 3.29 bits per heavy atom. The molecule has 1 unspecified atom stereocenters. The van der Waals surface area contributed by atoms with Crippen LogP contribution in [0, 0.1) is 0 Å². The Morgan fingerprint density at radius 2 is 2.50 bits per heavy atom. The quantitative estimate of drug-likeness (QED) is 0.772. The van der Waals surface area contributed by atoms with Gasteiger partial charge in [-0.15, -0.1) is 11.8 Å². The van der Waals surface area contributed by atoms with Gasteiger partial charge in [-0.05, 0) is 29.4 Å². The van der Waals surface area contributed by atoms with Crippen molar-refractivity contribution in [2.75, 3.05) is 5.75 Å². The van der Waals surface area contributed by atoms with E-state index in [4.69, 9.17) is 0 Å². The lowest BCUT2D eigenvalue weighted by atomic mass is 9.93. The fraction of sp³-hybridized carbons (Fsp3) is 0.545. The second kappa shape index (κ2) is 4.22. The average molecular weight is 209 g/mol. The third-order valence-corrected chi connectivity index (χ3v) is 3.59. The summed E-state index contributed by atoms with van der Waals surface area (Å²) in [6.45, 7) is 2.18. The number of rotatable bonds is 3. The normalized spacial score (nSPS) is 25.2. The fourth-order valence-electron chi connectivity index (χ4n) is 1.86. The Balaban J connectivity index is 2.14. The summed E-state index contributed by atoms with van der Waals surface area (Å²) in [5.74, 6) is 1.09. The number of thioether (sulfide) groups is 1. The molecule has 3 heteroatoms. The molecule has 0 aliphatic carbocycles. The molecule has 2 aliphatic rings. The third kappa shape index (κ3) is 1.87. The Labute approximate surface area is 88.8 Å². The second-order valence-electron chi connectivity index (χ2n) is 3.74. The van der Waals surface area contributed by atoms with Gasteiger partial charge in [-0.1, -0.05) is 13.3 Å². The van der Waals surface area contributed by atoms with Crippen molar-refractivity contribution in [3.8, 4) is 0 Å². The molecule has 2 rings (SSSR count). The number of nitrogens with one attached hydrogen (secondary N) is 1. The van der Waals surface area contributed by atoms with Crippen LogP contribution in [0.25, 0.3) is 0 Å². The minimum atomic E-state index is 0.0840. The lowest BCUT2D eigenvalue weighted by Gasteiger charge is -2.22. The first kappa shape index (κ1) is 9.84. The van der Waals surface area contributed by atoms with Crippen LogP contribution in [0.1, 0.15) is 26.2 Å². The van der Waals surface area contributed by atoms with Gasteiger partial charge in [0, 0.05) is 11.8 Å². The number of hydrogen-bond donors (Lipinski definition) is 1.